The van der Waals surface area contributed by atoms with Gasteiger partial charge in [0.25, 0.3) is 0 Å². The normalized spacial score (nSPS) is 12.1. The fraction of sp³-hybridized carbons (Fsp3) is 0.200. The molecule has 0 atom stereocenters. The van der Waals surface area contributed by atoms with E-state index < -0.39 is 0 Å². The third-order valence-electron chi connectivity index (χ3n) is 3.14. The van der Waals surface area contributed by atoms with Crippen LogP contribution in [0.15, 0.2) is 36.5 Å². The number of aromatic nitrogens is 1. The standard InChI is InChI=1S/C15H13NO3/c1-18-14(17)8-10-4-5-13-12(7-10)9-11-3-2-6-16-15(11)19-13/h2-7H,8-9H2,1H3. The van der Waals surface area contributed by atoms with Crippen molar-refractivity contribution < 1.29 is 14.3 Å². The zero-order valence-corrected chi connectivity index (χ0v) is 10.6. The van der Waals surface area contributed by atoms with Gasteiger partial charge < -0.3 is 9.47 Å². The molecule has 4 nitrogen and oxygen atoms in total. The van der Waals surface area contributed by atoms with Crippen LogP contribution in [0.2, 0.25) is 0 Å². The van der Waals surface area contributed by atoms with Gasteiger partial charge in [-0.05, 0) is 23.3 Å². The van der Waals surface area contributed by atoms with Crippen molar-refractivity contribution in [2.45, 2.75) is 12.8 Å². The summed E-state index contributed by atoms with van der Waals surface area (Å²) in [7, 11) is 1.39. The summed E-state index contributed by atoms with van der Waals surface area (Å²) in [6.07, 6.45) is 2.77. The Labute approximate surface area is 111 Å². The second-order valence-corrected chi connectivity index (χ2v) is 4.44. The molecule has 3 rings (SSSR count). The van der Waals surface area contributed by atoms with Crippen molar-refractivity contribution in [3.63, 3.8) is 0 Å². The molecule has 0 radical (unpaired) electrons. The number of ether oxygens (including phenoxy) is 2. The lowest BCUT2D eigenvalue weighted by Crippen LogP contribution is -2.08. The van der Waals surface area contributed by atoms with Crippen LogP contribution in [-0.4, -0.2) is 18.1 Å². The van der Waals surface area contributed by atoms with E-state index in [9.17, 15) is 4.79 Å². The van der Waals surface area contributed by atoms with Gasteiger partial charge >= 0.3 is 5.97 Å². The highest BCUT2D eigenvalue weighted by Crippen LogP contribution is 2.35. The molecular formula is C15H13NO3. The number of carbonyl (C=O) groups is 1. The summed E-state index contributed by atoms with van der Waals surface area (Å²) in [6.45, 7) is 0. The van der Waals surface area contributed by atoms with Gasteiger partial charge in [0, 0.05) is 18.2 Å². The zero-order valence-electron chi connectivity index (χ0n) is 10.6. The van der Waals surface area contributed by atoms with Gasteiger partial charge in [-0.25, -0.2) is 4.98 Å². The van der Waals surface area contributed by atoms with Crippen molar-refractivity contribution >= 4 is 5.97 Å². The molecule has 0 N–H and O–H groups in total. The number of benzene rings is 1. The molecular weight excluding hydrogens is 242 g/mol. The molecule has 1 aromatic carbocycles. The molecule has 1 aliphatic heterocycles. The van der Waals surface area contributed by atoms with Crippen molar-refractivity contribution in [3.8, 4) is 11.6 Å². The largest absolute Gasteiger partial charge is 0.469 e. The van der Waals surface area contributed by atoms with E-state index in [4.69, 9.17) is 4.74 Å². The lowest BCUT2D eigenvalue weighted by atomic mass is 9.99. The van der Waals surface area contributed by atoms with Crippen LogP contribution in [0.25, 0.3) is 0 Å². The monoisotopic (exact) mass is 255 g/mol. The van der Waals surface area contributed by atoms with Crippen molar-refractivity contribution in [2.75, 3.05) is 7.11 Å². The molecule has 2 heterocycles. The Morgan fingerprint density at radius 1 is 1.37 bits per heavy atom. The number of methoxy groups -OCH3 is 1. The first kappa shape index (κ1) is 11.7. The maximum absolute atomic E-state index is 11.3. The molecule has 1 aliphatic rings. The van der Waals surface area contributed by atoms with E-state index in [1.165, 1.54) is 7.11 Å². The Balaban J connectivity index is 1.90. The van der Waals surface area contributed by atoms with Gasteiger partial charge in [-0.3, -0.25) is 4.79 Å². The smallest absolute Gasteiger partial charge is 0.309 e. The number of pyridine rings is 1. The van der Waals surface area contributed by atoms with Crippen LogP contribution in [-0.2, 0) is 22.4 Å². The Hall–Kier alpha value is -2.36. The molecule has 4 heteroatoms. The predicted octanol–water partition coefficient (Wildman–Crippen LogP) is 2.49. The van der Waals surface area contributed by atoms with E-state index in [2.05, 4.69) is 9.72 Å². The van der Waals surface area contributed by atoms with Gasteiger partial charge in [0.2, 0.25) is 5.88 Å². The number of fused-ring (bicyclic) bond motifs is 2. The third-order valence-corrected chi connectivity index (χ3v) is 3.14. The van der Waals surface area contributed by atoms with E-state index in [0.29, 0.717) is 5.88 Å². The second-order valence-electron chi connectivity index (χ2n) is 4.44. The first-order valence-electron chi connectivity index (χ1n) is 6.06. The van der Waals surface area contributed by atoms with E-state index in [1.807, 2.05) is 30.3 Å². The summed E-state index contributed by atoms with van der Waals surface area (Å²) in [4.78, 5) is 15.5. The number of esters is 1. The Kier molecular flexibility index (Phi) is 2.91. The van der Waals surface area contributed by atoms with Crippen LogP contribution in [0.1, 0.15) is 16.7 Å². The fourth-order valence-electron chi connectivity index (χ4n) is 2.18. The molecule has 0 saturated heterocycles. The van der Waals surface area contributed by atoms with Crippen molar-refractivity contribution in [3.05, 3.63) is 53.2 Å². The molecule has 0 spiro atoms. The number of hydrogen-bond donors (Lipinski definition) is 0. The Bertz CT molecular complexity index is 637. The van der Waals surface area contributed by atoms with Gasteiger partial charge in [0.1, 0.15) is 5.75 Å². The molecule has 0 amide bonds. The molecule has 0 fully saturated rings. The number of rotatable bonds is 2. The van der Waals surface area contributed by atoms with Crippen LogP contribution >= 0.6 is 0 Å². The predicted molar refractivity (Wildman–Crippen MR) is 69.3 cm³/mol. The van der Waals surface area contributed by atoms with Gasteiger partial charge in [-0.15, -0.1) is 0 Å². The van der Waals surface area contributed by atoms with Crippen LogP contribution in [0.3, 0.4) is 0 Å². The topological polar surface area (TPSA) is 48.4 Å². The van der Waals surface area contributed by atoms with E-state index in [-0.39, 0.29) is 12.4 Å². The summed E-state index contributed by atoms with van der Waals surface area (Å²) in [6, 6.07) is 9.64. The molecule has 1 aromatic heterocycles. The number of nitrogens with zero attached hydrogens (tertiary/aromatic N) is 1. The number of hydrogen-bond acceptors (Lipinski definition) is 4. The van der Waals surface area contributed by atoms with Crippen molar-refractivity contribution in [1.29, 1.82) is 0 Å². The first-order chi connectivity index (χ1) is 9.26. The summed E-state index contributed by atoms with van der Waals surface area (Å²) in [5.41, 5.74) is 3.06. The average Bonchev–Trinajstić information content (AvgIpc) is 2.45. The molecule has 19 heavy (non-hydrogen) atoms. The molecule has 0 unspecified atom stereocenters. The summed E-state index contributed by atoms with van der Waals surface area (Å²) >= 11 is 0. The molecule has 2 aromatic rings. The minimum Gasteiger partial charge on any atom is -0.469 e. The van der Waals surface area contributed by atoms with E-state index >= 15 is 0 Å². The maximum atomic E-state index is 11.3. The van der Waals surface area contributed by atoms with Crippen LogP contribution < -0.4 is 4.74 Å². The van der Waals surface area contributed by atoms with Crippen LogP contribution in [0, 0.1) is 0 Å². The minimum atomic E-state index is -0.237. The van der Waals surface area contributed by atoms with Gasteiger partial charge in [-0.2, -0.15) is 0 Å². The van der Waals surface area contributed by atoms with Crippen molar-refractivity contribution in [1.82, 2.24) is 4.98 Å². The first-order valence-corrected chi connectivity index (χ1v) is 6.06. The minimum absolute atomic E-state index is 0.237. The number of carbonyl (C=O) groups excluding carboxylic acids is 1. The lowest BCUT2D eigenvalue weighted by molar-refractivity contribution is -0.139. The fourth-order valence-corrected chi connectivity index (χ4v) is 2.18. The lowest BCUT2D eigenvalue weighted by Gasteiger charge is -2.19. The Morgan fingerprint density at radius 2 is 2.26 bits per heavy atom. The summed E-state index contributed by atoms with van der Waals surface area (Å²) in [5.74, 6) is 1.23. The maximum Gasteiger partial charge on any atom is 0.309 e. The molecule has 96 valence electrons. The third kappa shape index (κ3) is 2.29. The summed E-state index contributed by atoms with van der Waals surface area (Å²) in [5, 5.41) is 0. The van der Waals surface area contributed by atoms with E-state index in [0.717, 1.165) is 28.9 Å². The van der Waals surface area contributed by atoms with Gasteiger partial charge in [0.05, 0.1) is 13.5 Å². The highest BCUT2D eigenvalue weighted by molar-refractivity contribution is 5.72. The van der Waals surface area contributed by atoms with Gasteiger partial charge in [-0.1, -0.05) is 18.2 Å². The molecule has 0 aliphatic carbocycles. The summed E-state index contributed by atoms with van der Waals surface area (Å²) < 4.78 is 10.4. The van der Waals surface area contributed by atoms with Crippen LogP contribution in [0.5, 0.6) is 11.6 Å². The quantitative estimate of drug-likeness (QED) is 0.660. The highest BCUT2D eigenvalue weighted by Gasteiger charge is 2.18. The van der Waals surface area contributed by atoms with E-state index in [1.54, 1.807) is 6.20 Å². The average molecular weight is 255 g/mol. The molecule has 0 bridgehead atoms. The second kappa shape index (κ2) is 4.72. The highest BCUT2D eigenvalue weighted by atomic mass is 16.5. The SMILES string of the molecule is COC(=O)Cc1ccc2c(c1)Cc1cccnc1O2. The Morgan fingerprint density at radius 3 is 3.11 bits per heavy atom. The van der Waals surface area contributed by atoms with Gasteiger partial charge in [0.15, 0.2) is 0 Å². The van der Waals surface area contributed by atoms with Crippen LogP contribution in [0.4, 0.5) is 0 Å². The zero-order chi connectivity index (χ0) is 13.2. The van der Waals surface area contributed by atoms with Crippen molar-refractivity contribution in [2.24, 2.45) is 0 Å². The molecule has 0 saturated carbocycles.